The summed E-state index contributed by atoms with van der Waals surface area (Å²) < 4.78 is 32.7. The van der Waals surface area contributed by atoms with E-state index in [1.54, 1.807) is 53.7 Å². The van der Waals surface area contributed by atoms with Gasteiger partial charge in [0.1, 0.15) is 5.75 Å². The second-order valence-electron chi connectivity index (χ2n) is 7.50. The van der Waals surface area contributed by atoms with Gasteiger partial charge in [0.25, 0.3) is 5.91 Å². The van der Waals surface area contributed by atoms with Gasteiger partial charge in [-0.2, -0.15) is 4.31 Å². The summed E-state index contributed by atoms with van der Waals surface area (Å²) in [6, 6.07) is 11.9. The Kier molecular flexibility index (Phi) is 7.39. The van der Waals surface area contributed by atoms with E-state index in [4.69, 9.17) is 16.3 Å². The highest BCUT2D eigenvalue weighted by molar-refractivity contribution is 7.89. The molecule has 1 saturated heterocycles. The Morgan fingerprint density at radius 2 is 1.80 bits per heavy atom. The third-order valence-electron chi connectivity index (χ3n) is 5.15. The van der Waals surface area contributed by atoms with Gasteiger partial charge in [0.2, 0.25) is 10.0 Å². The number of halogens is 1. The second-order valence-corrected chi connectivity index (χ2v) is 9.87. The minimum atomic E-state index is -3.45. The third kappa shape index (κ3) is 5.53. The lowest BCUT2D eigenvalue weighted by molar-refractivity contribution is -0.127. The number of sulfonamides is 1. The SMILES string of the molecule is Cc1cc(Cl)ccc1OC(C)C(=O)NCc1ccc(S(=O)(=O)N2CCCCC2)cc1. The first-order valence-corrected chi connectivity index (χ1v) is 11.9. The molecule has 1 aliphatic heterocycles. The zero-order chi connectivity index (χ0) is 21.7. The summed E-state index contributed by atoms with van der Waals surface area (Å²) in [6.45, 7) is 4.98. The highest BCUT2D eigenvalue weighted by Gasteiger charge is 2.25. The minimum absolute atomic E-state index is 0.255. The standard InChI is InChI=1S/C22H27ClN2O4S/c1-16-14-19(23)8-11-21(16)29-17(2)22(26)24-15-18-6-9-20(10-7-18)30(27,28)25-12-4-3-5-13-25/h6-11,14,17H,3-5,12-13,15H2,1-2H3,(H,24,26). The predicted molar refractivity (Wildman–Crippen MR) is 117 cm³/mol. The van der Waals surface area contributed by atoms with Crippen LogP contribution in [-0.2, 0) is 21.4 Å². The van der Waals surface area contributed by atoms with Crippen molar-refractivity contribution in [3.05, 3.63) is 58.6 Å². The lowest BCUT2D eigenvalue weighted by Gasteiger charge is -2.25. The van der Waals surface area contributed by atoms with Crippen LogP contribution in [0.5, 0.6) is 5.75 Å². The van der Waals surface area contributed by atoms with E-state index in [2.05, 4.69) is 5.32 Å². The fraction of sp³-hybridized carbons (Fsp3) is 0.409. The lowest BCUT2D eigenvalue weighted by Crippen LogP contribution is -2.36. The van der Waals surface area contributed by atoms with E-state index >= 15 is 0 Å². The van der Waals surface area contributed by atoms with Gasteiger partial charge in [-0.1, -0.05) is 30.2 Å². The molecule has 1 amide bonds. The number of benzene rings is 2. The fourth-order valence-corrected chi connectivity index (χ4v) is 5.10. The van der Waals surface area contributed by atoms with Gasteiger partial charge in [0.05, 0.1) is 4.90 Å². The maximum absolute atomic E-state index is 12.7. The zero-order valence-corrected chi connectivity index (χ0v) is 18.8. The molecule has 1 fully saturated rings. The normalized spacial score (nSPS) is 16.1. The van der Waals surface area contributed by atoms with Crippen LogP contribution < -0.4 is 10.1 Å². The fourth-order valence-electron chi connectivity index (χ4n) is 3.36. The van der Waals surface area contributed by atoms with Gasteiger partial charge < -0.3 is 10.1 Å². The van der Waals surface area contributed by atoms with E-state index in [-0.39, 0.29) is 17.3 Å². The van der Waals surface area contributed by atoms with Gasteiger partial charge in [0, 0.05) is 24.7 Å². The lowest BCUT2D eigenvalue weighted by atomic mass is 10.2. The molecule has 0 saturated carbocycles. The molecule has 1 atom stereocenters. The monoisotopic (exact) mass is 450 g/mol. The van der Waals surface area contributed by atoms with Gasteiger partial charge in [-0.25, -0.2) is 8.42 Å². The number of rotatable bonds is 7. The van der Waals surface area contributed by atoms with Crippen molar-refractivity contribution in [3.8, 4) is 5.75 Å². The number of carbonyl (C=O) groups excluding carboxylic acids is 1. The van der Waals surface area contributed by atoms with Crippen molar-refractivity contribution in [2.24, 2.45) is 0 Å². The van der Waals surface area contributed by atoms with Gasteiger partial charge in [-0.15, -0.1) is 0 Å². The van der Waals surface area contributed by atoms with E-state index in [1.807, 2.05) is 6.92 Å². The maximum Gasteiger partial charge on any atom is 0.261 e. The minimum Gasteiger partial charge on any atom is -0.481 e. The Balaban J connectivity index is 1.55. The molecule has 30 heavy (non-hydrogen) atoms. The molecule has 0 bridgehead atoms. The summed E-state index contributed by atoms with van der Waals surface area (Å²) in [5.74, 6) is 0.351. The molecule has 6 nitrogen and oxygen atoms in total. The molecule has 1 unspecified atom stereocenters. The van der Waals surface area contributed by atoms with Crippen LogP contribution >= 0.6 is 11.6 Å². The topological polar surface area (TPSA) is 75.7 Å². The van der Waals surface area contributed by atoms with Crippen LogP contribution in [0.3, 0.4) is 0 Å². The molecule has 1 N–H and O–H groups in total. The molecule has 0 aliphatic carbocycles. The van der Waals surface area contributed by atoms with Gasteiger partial charge in [-0.3, -0.25) is 4.79 Å². The molecular formula is C22H27ClN2O4S. The van der Waals surface area contributed by atoms with Crippen LogP contribution in [0.15, 0.2) is 47.4 Å². The number of hydrogen-bond donors (Lipinski definition) is 1. The van der Waals surface area contributed by atoms with Crippen molar-refractivity contribution in [1.29, 1.82) is 0 Å². The van der Waals surface area contributed by atoms with Gasteiger partial charge in [-0.05, 0) is 68.1 Å². The average molecular weight is 451 g/mol. The highest BCUT2D eigenvalue weighted by Crippen LogP contribution is 2.23. The molecule has 2 aromatic rings. The number of ether oxygens (including phenoxy) is 1. The van der Waals surface area contributed by atoms with E-state index < -0.39 is 16.1 Å². The Morgan fingerprint density at radius 1 is 1.13 bits per heavy atom. The van der Waals surface area contributed by atoms with Crippen LogP contribution in [-0.4, -0.2) is 37.8 Å². The number of piperidine rings is 1. The molecule has 0 radical (unpaired) electrons. The first-order valence-electron chi connectivity index (χ1n) is 10.1. The van der Waals surface area contributed by atoms with E-state index in [0.29, 0.717) is 23.9 Å². The molecule has 1 heterocycles. The molecule has 1 aliphatic rings. The predicted octanol–water partition coefficient (Wildman–Crippen LogP) is 3.91. The summed E-state index contributed by atoms with van der Waals surface area (Å²) in [5.41, 5.74) is 1.67. The van der Waals surface area contributed by atoms with Gasteiger partial charge >= 0.3 is 0 Å². The smallest absolute Gasteiger partial charge is 0.261 e. The Labute approximate surface area is 183 Å². The van der Waals surface area contributed by atoms with E-state index in [9.17, 15) is 13.2 Å². The first kappa shape index (κ1) is 22.6. The summed E-state index contributed by atoms with van der Waals surface area (Å²) in [4.78, 5) is 12.7. The highest BCUT2D eigenvalue weighted by atomic mass is 35.5. The summed E-state index contributed by atoms with van der Waals surface area (Å²) in [7, 11) is -3.45. The van der Waals surface area contributed by atoms with Crippen molar-refractivity contribution in [2.75, 3.05) is 13.1 Å². The zero-order valence-electron chi connectivity index (χ0n) is 17.2. The van der Waals surface area contributed by atoms with Crippen molar-refractivity contribution in [2.45, 2.75) is 50.7 Å². The van der Waals surface area contributed by atoms with Crippen LogP contribution in [0.1, 0.15) is 37.3 Å². The number of aryl methyl sites for hydroxylation is 1. The molecule has 3 rings (SSSR count). The Bertz CT molecular complexity index is 987. The molecule has 0 aromatic heterocycles. The summed E-state index contributed by atoms with van der Waals surface area (Å²) in [5, 5.41) is 3.44. The molecular weight excluding hydrogens is 424 g/mol. The molecule has 162 valence electrons. The van der Waals surface area contributed by atoms with Crippen LogP contribution in [0.4, 0.5) is 0 Å². The number of nitrogens with zero attached hydrogens (tertiary/aromatic N) is 1. The Hall–Kier alpha value is -2.09. The quantitative estimate of drug-likeness (QED) is 0.694. The van der Waals surface area contributed by atoms with Crippen molar-refractivity contribution < 1.29 is 17.9 Å². The van der Waals surface area contributed by atoms with Crippen LogP contribution in [0, 0.1) is 6.92 Å². The maximum atomic E-state index is 12.7. The average Bonchev–Trinajstić information content (AvgIpc) is 2.75. The number of carbonyl (C=O) groups is 1. The second kappa shape index (κ2) is 9.81. The largest absolute Gasteiger partial charge is 0.481 e. The summed E-state index contributed by atoms with van der Waals surface area (Å²) in [6.07, 6.45) is 2.20. The molecule has 2 aromatic carbocycles. The molecule has 0 spiro atoms. The number of amides is 1. The van der Waals surface area contributed by atoms with Crippen molar-refractivity contribution >= 4 is 27.5 Å². The Morgan fingerprint density at radius 3 is 2.43 bits per heavy atom. The third-order valence-corrected chi connectivity index (χ3v) is 7.30. The van der Waals surface area contributed by atoms with Crippen LogP contribution in [0.25, 0.3) is 0 Å². The summed E-state index contributed by atoms with van der Waals surface area (Å²) >= 11 is 5.94. The van der Waals surface area contributed by atoms with E-state index in [1.165, 1.54) is 0 Å². The molecule has 8 heteroatoms. The van der Waals surface area contributed by atoms with Crippen molar-refractivity contribution in [3.63, 3.8) is 0 Å². The van der Waals surface area contributed by atoms with Gasteiger partial charge in [0.15, 0.2) is 6.10 Å². The van der Waals surface area contributed by atoms with Crippen LogP contribution in [0.2, 0.25) is 5.02 Å². The number of hydrogen-bond acceptors (Lipinski definition) is 4. The first-order chi connectivity index (χ1) is 14.3. The number of nitrogens with one attached hydrogen (secondary N) is 1. The van der Waals surface area contributed by atoms with E-state index in [0.717, 1.165) is 30.4 Å². The van der Waals surface area contributed by atoms with Crippen molar-refractivity contribution in [1.82, 2.24) is 9.62 Å².